The maximum Gasteiger partial charge on any atom is 0.163 e. The van der Waals surface area contributed by atoms with Crippen LogP contribution in [-0.4, -0.2) is 17.4 Å². The van der Waals surface area contributed by atoms with Crippen LogP contribution in [0, 0.1) is 0 Å². The van der Waals surface area contributed by atoms with Crippen molar-refractivity contribution in [1.29, 1.82) is 0 Å². The van der Waals surface area contributed by atoms with Gasteiger partial charge in [-0.25, -0.2) is 0 Å². The molecule has 0 aromatic heterocycles. The van der Waals surface area contributed by atoms with Gasteiger partial charge >= 0.3 is 0 Å². The summed E-state index contributed by atoms with van der Waals surface area (Å²) in [4.78, 5) is 2.53. The molecule has 15 heavy (non-hydrogen) atoms. The molecular weight excluding hydrogens is 194 g/mol. The summed E-state index contributed by atoms with van der Waals surface area (Å²) in [6, 6.07) is 9.57. The molecule has 0 spiro atoms. The van der Waals surface area contributed by atoms with E-state index in [9.17, 15) is 5.11 Å². The number of hydrogen-bond acceptors (Lipinski definition) is 3. The third-order valence-electron chi connectivity index (χ3n) is 1.75. The molecule has 1 aromatic rings. The number of rotatable bonds is 5. The smallest absolute Gasteiger partial charge is 0.163 e. The van der Waals surface area contributed by atoms with Crippen molar-refractivity contribution in [3.8, 4) is 0 Å². The summed E-state index contributed by atoms with van der Waals surface area (Å²) in [6.45, 7) is 1.77. The SMILES string of the molecule is CC(O)(COCc1ccccc1)N=[N+]=[N-]. The van der Waals surface area contributed by atoms with E-state index in [2.05, 4.69) is 10.0 Å². The van der Waals surface area contributed by atoms with Gasteiger partial charge in [0.1, 0.15) is 0 Å². The van der Waals surface area contributed by atoms with Crippen LogP contribution in [0.1, 0.15) is 12.5 Å². The molecule has 0 saturated heterocycles. The molecule has 0 amide bonds. The van der Waals surface area contributed by atoms with E-state index < -0.39 is 5.72 Å². The minimum absolute atomic E-state index is 0.0219. The zero-order chi connectivity index (χ0) is 11.1. The van der Waals surface area contributed by atoms with Crippen LogP contribution in [0.5, 0.6) is 0 Å². The van der Waals surface area contributed by atoms with E-state index in [4.69, 9.17) is 10.3 Å². The van der Waals surface area contributed by atoms with Crippen LogP contribution in [0.25, 0.3) is 10.4 Å². The first-order valence-corrected chi connectivity index (χ1v) is 4.54. The lowest BCUT2D eigenvalue weighted by Gasteiger charge is -2.16. The van der Waals surface area contributed by atoms with Crippen molar-refractivity contribution in [2.75, 3.05) is 6.61 Å². The maximum atomic E-state index is 9.45. The molecule has 1 N–H and O–H groups in total. The maximum absolute atomic E-state index is 9.45. The van der Waals surface area contributed by atoms with Gasteiger partial charge in [-0.05, 0) is 18.0 Å². The molecular formula is C10H13N3O2. The number of nitrogens with zero attached hydrogens (tertiary/aromatic N) is 3. The summed E-state index contributed by atoms with van der Waals surface area (Å²) >= 11 is 0. The molecule has 1 aromatic carbocycles. The van der Waals surface area contributed by atoms with E-state index in [0.29, 0.717) is 6.61 Å². The third-order valence-corrected chi connectivity index (χ3v) is 1.75. The number of azide groups is 1. The quantitative estimate of drug-likeness (QED) is 0.456. The van der Waals surface area contributed by atoms with Gasteiger partial charge in [0, 0.05) is 4.91 Å². The second kappa shape index (κ2) is 5.36. The van der Waals surface area contributed by atoms with Gasteiger partial charge in [0.15, 0.2) is 5.72 Å². The Labute approximate surface area is 87.9 Å². The Hall–Kier alpha value is -1.55. The number of benzene rings is 1. The van der Waals surface area contributed by atoms with E-state index in [1.165, 1.54) is 6.92 Å². The van der Waals surface area contributed by atoms with Gasteiger partial charge in [0.2, 0.25) is 0 Å². The third kappa shape index (κ3) is 4.46. The zero-order valence-electron chi connectivity index (χ0n) is 8.50. The molecule has 5 nitrogen and oxygen atoms in total. The van der Waals surface area contributed by atoms with Crippen molar-refractivity contribution in [3.05, 3.63) is 46.3 Å². The number of ether oxygens (including phenoxy) is 1. The van der Waals surface area contributed by atoms with Crippen molar-refractivity contribution < 1.29 is 9.84 Å². The second-order valence-electron chi connectivity index (χ2n) is 3.38. The van der Waals surface area contributed by atoms with Crippen molar-refractivity contribution in [3.63, 3.8) is 0 Å². The molecule has 0 aliphatic heterocycles. The fourth-order valence-electron chi connectivity index (χ4n) is 1.06. The lowest BCUT2D eigenvalue weighted by atomic mass is 10.2. The fraction of sp³-hybridized carbons (Fsp3) is 0.400. The number of hydrogen-bond donors (Lipinski definition) is 1. The van der Waals surface area contributed by atoms with Crippen molar-refractivity contribution in [2.45, 2.75) is 19.3 Å². The van der Waals surface area contributed by atoms with Crippen molar-refractivity contribution in [2.24, 2.45) is 5.11 Å². The topological polar surface area (TPSA) is 78.2 Å². The van der Waals surface area contributed by atoms with E-state index in [0.717, 1.165) is 5.56 Å². The Morgan fingerprint density at radius 3 is 2.73 bits per heavy atom. The minimum Gasteiger partial charge on any atom is -0.382 e. The molecule has 1 unspecified atom stereocenters. The molecule has 0 fully saturated rings. The van der Waals surface area contributed by atoms with Gasteiger partial charge in [-0.1, -0.05) is 35.4 Å². The van der Waals surface area contributed by atoms with Gasteiger partial charge in [-0.15, -0.1) is 0 Å². The molecule has 80 valence electrons. The van der Waals surface area contributed by atoms with Gasteiger partial charge < -0.3 is 9.84 Å². The summed E-state index contributed by atoms with van der Waals surface area (Å²) in [5.74, 6) is 0. The first-order chi connectivity index (χ1) is 7.14. The minimum atomic E-state index is -1.48. The highest BCUT2D eigenvalue weighted by molar-refractivity contribution is 5.13. The van der Waals surface area contributed by atoms with Gasteiger partial charge in [0.05, 0.1) is 13.2 Å². The predicted octanol–water partition coefficient (Wildman–Crippen LogP) is 2.22. The van der Waals surface area contributed by atoms with Crippen LogP contribution in [0.2, 0.25) is 0 Å². The Bertz CT molecular complexity index is 345. The highest BCUT2D eigenvalue weighted by Gasteiger charge is 2.17. The molecule has 0 aliphatic carbocycles. The van der Waals surface area contributed by atoms with Crippen molar-refractivity contribution >= 4 is 0 Å². The zero-order valence-corrected chi connectivity index (χ0v) is 8.50. The first kappa shape index (κ1) is 11.5. The predicted molar refractivity (Wildman–Crippen MR) is 55.9 cm³/mol. The molecule has 5 heteroatoms. The standard InChI is InChI=1S/C10H13N3O2/c1-10(14,12-13-11)8-15-7-9-5-3-2-4-6-9/h2-6,14H,7-8H2,1H3. The van der Waals surface area contributed by atoms with Gasteiger partial charge in [-0.2, -0.15) is 0 Å². The van der Waals surface area contributed by atoms with Crippen LogP contribution in [0.15, 0.2) is 35.4 Å². The van der Waals surface area contributed by atoms with E-state index in [1.807, 2.05) is 30.3 Å². The van der Waals surface area contributed by atoms with Crippen LogP contribution in [0.4, 0.5) is 0 Å². The summed E-state index contributed by atoms with van der Waals surface area (Å²) < 4.78 is 5.22. The summed E-state index contributed by atoms with van der Waals surface area (Å²) in [5.41, 5.74) is 7.69. The van der Waals surface area contributed by atoms with Crippen LogP contribution < -0.4 is 0 Å². The molecule has 0 saturated carbocycles. The van der Waals surface area contributed by atoms with E-state index >= 15 is 0 Å². The monoisotopic (exact) mass is 207 g/mol. The van der Waals surface area contributed by atoms with E-state index in [-0.39, 0.29) is 6.61 Å². The Kier molecular flexibility index (Phi) is 4.12. The molecule has 0 bridgehead atoms. The normalized spacial score (nSPS) is 14.0. The molecule has 0 aliphatic rings. The van der Waals surface area contributed by atoms with Gasteiger partial charge in [-0.3, -0.25) is 0 Å². The lowest BCUT2D eigenvalue weighted by Crippen LogP contribution is -2.27. The molecule has 1 atom stereocenters. The first-order valence-electron chi connectivity index (χ1n) is 4.54. The van der Waals surface area contributed by atoms with Crippen LogP contribution >= 0.6 is 0 Å². The average molecular weight is 207 g/mol. The Morgan fingerprint density at radius 2 is 2.13 bits per heavy atom. The van der Waals surface area contributed by atoms with Gasteiger partial charge in [0.25, 0.3) is 0 Å². The summed E-state index contributed by atoms with van der Waals surface area (Å²) in [7, 11) is 0. The largest absolute Gasteiger partial charge is 0.382 e. The lowest BCUT2D eigenvalue weighted by molar-refractivity contribution is -0.0346. The van der Waals surface area contributed by atoms with E-state index in [1.54, 1.807) is 0 Å². The summed E-state index contributed by atoms with van der Waals surface area (Å²) in [6.07, 6.45) is 0. The van der Waals surface area contributed by atoms with Crippen LogP contribution in [0.3, 0.4) is 0 Å². The number of aliphatic hydroxyl groups is 1. The molecule has 1 rings (SSSR count). The Morgan fingerprint density at radius 1 is 1.47 bits per heavy atom. The summed E-state index contributed by atoms with van der Waals surface area (Å²) in [5, 5.41) is 12.6. The average Bonchev–Trinajstić information content (AvgIpc) is 2.19. The second-order valence-corrected chi connectivity index (χ2v) is 3.38. The fourth-order valence-corrected chi connectivity index (χ4v) is 1.06. The van der Waals surface area contributed by atoms with Crippen LogP contribution in [-0.2, 0) is 11.3 Å². The molecule has 0 radical (unpaired) electrons. The van der Waals surface area contributed by atoms with Crippen molar-refractivity contribution in [1.82, 2.24) is 0 Å². The highest BCUT2D eigenvalue weighted by atomic mass is 16.5. The molecule has 0 heterocycles. The highest BCUT2D eigenvalue weighted by Crippen LogP contribution is 2.08. The Balaban J connectivity index is 2.37.